The van der Waals surface area contributed by atoms with Crippen LogP contribution in [0.25, 0.3) is 12.2 Å². The van der Waals surface area contributed by atoms with Gasteiger partial charge < -0.3 is 4.74 Å². The SMILES string of the molecule is COc1cnc(Cl)c2c1=CCC(Cl)C=2. The van der Waals surface area contributed by atoms with E-state index in [2.05, 4.69) is 4.98 Å². The van der Waals surface area contributed by atoms with Crippen LogP contribution in [-0.4, -0.2) is 17.5 Å². The van der Waals surface area contributed by atoms with E-state index in [1.54, 1.807) is 13.3 Å². The Kier molecular flexibility index (Phi) is 2.66. The molecule has 0 N–H and O–H groups in total. The molecule has 14 heavy (non-hydrogen) atoms. The van der Waals surface area contributed by atoms with Crippen LogP contribution in [0.1, 0.15) is 6.42 Å². The van der Waals surface area contributed by atoms with E-state index in [0.717, 1.165) is 22.6 Å². The van der Waals surface area contributed by atoms with Crippen LogP contribution in [0, 0.1) is 0 Å². The number of methoxy groups -OCH3 is 1. The summed E-state index contributed by atoms with van der Waals surface area (Å²) in [5, 5.41) is 2.33. The van der Waals surface area contributed by atoms with Gasteiger partial charge in [-0.1, -0.05) is 23.8 Å². The molecule has 1 heterocycles. The van der Waals surface area contributed by atoms with Crippen LogP contribution in [-0.2, 0) is 0 Å². The maximum absolute atomic E-state index is 6.00. The summed E-state index contributed by atoms with van der Waals surface area (Å²) in [6.45, 7) is 0. The number of halogens is 2. The highest BCUT2D eigenvalue weighted by Gasteiger charge is 2.09. The van der Waals surface area contributed by atoms with Gasteiger partial charge in [0.25, 0.3) is 0 Å². The molecule has 1 aliphatic carbocycles. The number of alkyl halides is 1. The monoisotopic (exact) mass is 229 g/mol. The second-order valence-electron chi connectivity index (χ2n) is 3.07. The van der Waals surface area contributed by atoms with Crippen LogP contribution in [0.15, 0.2) is 6.20 Å². The molecular weight excluding hydrogens is 221 g/mol. The number of rotatable bonds is 1. The van der Waals surface area contributed by atoms with Gasteiger partial charge in [-0.15, -0.1) is 11.6 Å². The number of hydrogen-bond donors (Lipinski definition) is 0. The van der Waals surface area contributed by atoms with E-state index in [4.69, 9.17) is 27.9 Å². The molecule has 0 fully saturated rings. The summed E-state index contributed by atoms with van der Waals surface area (Å²) in [6, 6.07) is 0. The van der Waals surface area contributed by atoms with E-state index >= 15 is 0 Å². The van der Waals surface area contributed by atoms with Gasteiger partial charge >= 0.3 is 0 Å². The molecule has 0 bridgehead atoms. The van der Waals surface area contributed by atoms with Gasteiger partial charge in [-0.05, 0) is 6.42 Å². The standard InChI is InChI=1S/C10H9Cl2NO/c1-14-9-5-13-10(12)8-4-6(11)2-3-7(8)9/h3-6H,2H2,1H3. The first-order valence-corrected chi connectivity index (χ1v) is 5.08. The minimum absolute atomic E-state index is 0.00564. The maximum Gasteiger partial charge on any atom is 0.144 e. The third-order valence-corrected chi connectivity index (χ3v) is 2.79. The zero-order valence-corrected chi connectivity index (χ0v) is 9.14. The summed E-state index contributed by atoms with van der Waals surface area (Å²) in [5.41, 5.74) is 0. The van der Waals surface area contributed by atoms with Crippen LogP contribution < -0.4 is 15.2 Å². The highest BCUT2D eigenvalue weighted by atomic mass is 35.5. The quantitative estimate of drug-likeness (QED) is 0.536. The predicted molar refractivity (Wildman–Crippen MR) is 58.2 cm³/mol. The number of aromatic nitrogens is 1. The summed E-state index contributed by atoms with van der Waals surface area (Å²) >= 11 is 12.0. The molecular formula is C10H9Cl2NO. The number of fused-ring (bicyclic) bond motifs is 1. The van der Waals surface area contributed by atoms with Crippen molar-refractivity contribution < 1.29 is 4.74 Å². The van der Waals surface area contributed by atoms with Crippen LogP contribution >= 0.6 is 23.2 Å². The Labute approximate surface area is 91.8 Å². The second kappa shape index (κ2) is 3.79. The Bertz CT molecular complexity index is 470. The first kappa shape index (κ1) is 9.81. The smallest absolute Gasteiger partial charge is 0.144 e. The van der Waals surface area contributed by atoms with Crippen molar-refractivity contribution in [1.82, 2.24) is 4.98 Å². The fourth-order valence-corrected chi connectivity index (χ4v) is 1.94. The summed E-state index contributed by atoms with van der Waals surface area (Å²) in [4.78, 5) is 4.03. The molecule has 74 valence electrons. The van der Waals surface area contributed by atoms with E-state index in [1.807, 2.05) is 12.2 Å². The topological polar surface area (TPSA) is 22.1 Å². The summed E-state index contributed by atoms with van der Waals surface area (Å²) in [6.07, 6.45) is 6.36. The highest BCUT2D eigenvalue weighted by Crippen LogP contribution is 2.10. The number of nitrogens with zero attached hydrogens (tertiary/aromatic N) is 1. The van der Waals surface area contributed by atoms with Crippen molar-refractivity contribution >= 4 is 35.4 Å². The fourth-order valence-electron chi connectivity index (χ4n) is 1.51. The molecule has 4 heteroatoms. The Morgan fingerprint density at radius 3 is 3.00 bits per heavy atom. The van der Waals surface area contributed by atoms with E-state index < -0.39 is 0 Å². The minimum atomic E-state index is -0.00564. The van der Waals surface area contributed by atoms with Crippen molar-refractivity contribution in [2.75, 3.05) is 7.11 Å². The van der Waals surface area contributed by atoms with E-state index in [1.165, 1.54) is 0 Å². The Hall–Kier alpha value is -0.730. The first-order chi connectivity index (χ1) is 6.72. The first-order valence-electron chi connectivity index (χ1n) is 4.27. The molecule has 1 aromatic rings. The molecule has 0 radical (unpaired) electrons. The van der Waals surface area contributed by atoms with Crippen LogP contribution in [0.3, 0.4) is 0 Å². The van der Waals surface area contributed by atoms with Gasteiger partial charge in [-0.2, -0.15) is 0 Å². The highest BCUT2D eigenvalue weighted by molar-refractivity contribution is 6.30. The lowest BCUT2D eigenvalue weighted by molar-refractivity contribution is 0.408. The van der Waals surface area contributed by atoms with E-state index in [-0.39, 0.29) is 5.38 Å². The number of ether oxygens (including phenoxy) is 1. The lowest BCUT2D eigenvalue weighted by Crippen LogP contribution is -2.32. The van der Waals surface area contributed by atoms with Crippen molar-refractivity contribution in [3.05, 3.63) is 21.8 Å². The molecule has 1 unspecified atom stereocenters. The molecule has 0 amide bonds. The molecule has 2 rings (SSSR count). The van der Waals surface area contributed by atoms with Crippen LogP contribution in [0.5, 0.6) is 5.75 Å². The van der Waals surface area contributed by atoms with E-state index in [0.29, 0.717) is 5.15 Å². The summed E-state index contributed by atoms with van der Waals surface area (Å²) < 4.78 is 5.19. The molecule has 0 spiro atoms. The largest absolute Gasteiger partial charge is 0.494 e. The molecule has 0 aliphatic heterocycles. The molecule has 2 nitrogen and oxygen atoms in total. The van der Waals surface area contributed by atoms with Crippen LogP contribution in [0.4, 0.5) is 0 Å². The van der Waals surface area contributed by atoms with Gasteiger partial charge in [-0.25, -0.2) is 4.98 Å². The Morgan fingerprint density at radius 2 is 2.29 bits per heavy atom. The van der Waals surface area contributed by atoms with Crippen molar-refractivity contribution in [2.24, 2.45) is 0 Å². The van der Waals surface area contributed by atoms with Crippen molar-refractivity contribution in [2.45, 2.75) is 11.8 Å². The maximum atomic E-state index is 6.00. The Balaban J connectivity index is 2.79. The third-order valence-electron chi connectivity index (χ3n) is 2.19. The number of pyridine rings is 1. The fraction of sp³-hybridized carbons (Fsp3) is 0.300. The summed E-state index contributed by atoms with van der Waals surface area (Å²) in [5.74, 6) is 0.740. The lowest BCUT2D eigenvalue weighted by atomic mass is 10.1. The van der Waals surface area contributed by atoms with Gasteiger partial charge in [0.15, 0.2) is 0 Å². The molecule has 1 aromatic heterocycles. The molecule has 1 aliphatic rings. The van der Waals surface area contributed by atoms with Crippen molar-refractivity contribution in [3.8, 4) is 5.75 Å². The zero-order chi connectivity index (χ0) is 10.1. The normalized spacial score (nSPS) is 19.2. The van der Waals surface area contributed by atoms with Crippen molar-refractivity contribution in [1.29, 1.82) is 0 Å². The zero-order valence-electron chi connectivity index (χ0n) is 7.63. The lowest BCUT2D eigenvalue weighted by Gasteiger charge is -2.09. The minimum Gasteiger partial charge on any atom is -0.494 e. The van der Waals surface area contributed by atoms with Gasteiger partial charge in [0.2, 0.25) is 0 Å². The molecule has 1 atom stereocenters. The molecule has 0 saturated carbocycles. The van der Waals surface area contributed by atoms with Gasteiger partial charge in [0, 0.05) is 10.4 Å². The molecule has 0 aromatic carbocycles. The Morgan fingerprint density at radius 1 is 1.50 bits per heavy atom. The van der Waals surface area contributed by atoms with E-state index in [9.17, 15) is 0 Å². The molecule has 0 saturated heterocycles. The second-order valence-corrected chi connectivity index (χ2v) is 3.99. The predicted octanol–water partition coefficient (Wildman–Crippen LogP) is 1.32. The van der Waals surface area contributed by atoms with Gasteiger partial charge in [0.1, 0.15) is 10.9 Å². The average Bonchev–Trinajstić information content (AvgIpc) is 2.19. The third kappa shape index (κ3) is 1.60. The summed E-state index contributed by atoms with van der Waals surface area (Å²) in [7, 11) is 1.62. The number of hydrogen-bond acceptors (Lipinski definition) is 2. The average molecular weight is 230 g/mol. The van der Waals surface area contributed by atoms with Crippen molar-refractivity contribution in [3.63, 3.8) is 0 Å². The van der Waals surface area contributed by atoms with Crippen LogP contribution in [0.2, 0.25) is 5.15 Å². The van der Waals surface area contributed by atoms with Gasteiger partial charge in [-0.3, -0.25) is 0 Å². The van der Waals surface area contributed by atoms with Gasteiger partial charge in [0.05, 0.1) is 18.7 Å².